The van der Waals surface area contributed by atoms with Crippen molar-refractivity contribution in [3.05, 3.63) is 82.9 Å². The van der Waals surface area contributed by atoms with Crippen molar-refractivity contribution >= 4 is 54.5 Å². The average Bonchev–Trinajstić information content (AvgIpc) is 3.10. The molecule has 0 radical (unpaired) electrons. The van der Waals surface area contributed by atoms with Crippen LogP contribution in [0.15, 0.2) is 60.7 Å². The van der Waals surface area contributed by atoms with Gasteiger partial charge in [0.15, 0.2) is 11.5 Å². The number of benzene rings is 6. The highest BCUT2D eigenvalue weighted by atomic mass is 16.5. The highest BCUT2D eigenvalue weighted by Gasteiger charge is 2.26. The lowest BCUT2D eigenvalue weighted by Gasteiger charge is -2.33. The Kier molecular flexibility index (Phi) is 8.18. The van der Waals surface area contributed by atoms with Gasteiger partial charge < -0.3 is 24.8 Å². The summed E-state index contributed by atoms with van der Waals surface area (Å²) in [6.07, 6.45) is 9.33. The van der Waals surface area contributed by atoms with E-state index in [1.54, 1.807) is 0 Å². The summed E-state index contributed by atoms with van der Waals surface area (Å²) in [6, 6.07) is 22.7. The second kappa shape index (κ2) is 12.8. The fourth-order valence-electron chi connectivity index (χ4n) is 8.08. The minimum absolute atomic E-state index is 0.683. The maximum atomic E-state index is 6.81. The zero-order chi connectivity index (χ0) is 31.9. The molecule has 0 fully saturated rings. The van der Waals surface area contributed by atoms with Crippen molar-refractivity contribution in [2.45, 2.75) is 91.5 Å². The molecule has 6 aromatic rings. The second-order valence-corrected chi connectivity index (χ2v) is 13.6. The number of fused-ring (bicyclic) bond motifs is 2. The van der Waals surface area contributed by atoms with E-state index in [9.17, 15) is 0 Å². The first-order valence-electron chi connectivity index (χ1n) is 17.8. The second-order valence-electron chi connectivity index (χ2n) is 13.6. The largest absolute Gasteiger partial charge is 0.490 e. The lowest BCUT2D eigenvalue weighted by Crippen LogP contribution is -2.27. The first kappa shape index (κ1) is 30.1. The molecule has 5 heteroatoms. The maximum Gasteiger partial charge on any atom is 0.163 e. The van der Waals surface area contributed by atoms with Crippen molar-refractivity contribution < 1.29 is 14.2 Å². The molecule has 0 spiro atoms. The molecule has 2 aliphatic rings. The average molecular weight is 627 g/mol. The molecule has 0 amide bonds. The summed E-state index contributed by atoms with van der Waals surface area (Å²) in [5.41, 5.74) is 13.8. The minimum atomic E-state index is 0.683. The van der Waals surface area contributed by atoms with Crippen LogP contribution >= 0.6 is 0 Å². The van der Waals surface area contributed by atoms with Crippen LogP contribution < -0.4 is 20.1 Å². The van der Waals surface area contributed by atoms with Crippen molar-refractivity contribution in [3.63, 3.8) is 0 Å². The number of rotatable bonds is 13. The molecule has 8 rings (SSSR count). The first-order valence-corrected chi connectivity index (χ1v) is 17.8. The summed E-state index contributed by atoms with van der Waals surface area (Å²) >= 11 is 0. The Morgan fingerprint density at radius 3 is 1.55 bits per heavy atom. The van der Waals surface area contributed by atoms with Gasteiger partial charge in [-0.05, 0) is 78.2 Å². The number of nitrogens with zero attached hydrogens (tertiary/aromatic N) is 1. The maximum absolute atomic E-state index is 6.81. The van der Waals surface area contributed by atoms with Crippen LogP contribution in [0.2, 0.25) is 0 Å². The molecular weight excluding hydrogens is 580 g/mol. The van der Waals surface area contributed by atoms with Gasteiger partial charge in [0.05, 0.1) is 37.8 Å². The van der Waals surface area contributed by atoms with Crippen LogP contribution in [0.3, 0.4) is 0 Å². The molecule has 0 atom stereocenters. The summed E-state index contributed by atoms with van der Waals surface area (Å²) in [4.78, 5) is 2.41. The number of ether oxygens (including phenoxy) is 3. The Bertz CT molecular complexity index is 1990. The van der Waals surface area contributed by atoms with Crippen LogP contribution in [0.1, 0.15) is 87.5 Å². The highest BCUT2D eigenvalue weighted by Crippen LogP contribution is 2.47. The minimum Gasteiger partial charge on any atom is -0.490 e. The van der Waals surface area contributed by atoms with E-state index in [4.69, 9.17) is 19.9 Å². The van der Waals surface area contributed by atoms with Crippen molar-refractivity contribution in [2.75, 3.05) is 23.8 Å². The summed E-state index contributed by atoms with van der Waals surface area (Å²) in [5.74, 6) is 1.57. The monoisotopic (exact) mass is 626 g/mol. The van der Waals surface area contributed by atoms with Crippen molar-refractivity contribution in [3.8, 4) is 11.5 Å². The Hall–Kier alpha value is -4.22. The first-order chi connectivity index (χ1) is 23.2. The van der Waals surface area contributed by atoms with Crippen molar-refractivity contribution in [1.82, 2.24) is 0 Å². The fraction of sp³-hybridized carbons (Fsp3) is 0.381. The zero-order valence-corrected chi connectivity index (χ0v) is 27.9. The number of nitrogens with two attached hydrogens (primary N) is 1. The molecule has 0 aromatic heterocycles. The van der Waals surface area contributed by atoms with Gasteiger partial charge in [-0.2, -0.15) is 0 Å². The highest BCUT2D eigenvalue weighted by molar-refractivity contribution is 6.34. The third kappa shape index (κ3) is 5.29. The van der Waals surface area contributed by atoms with Crippen LogP contribution in [0.4, 0.5) is 11.4 Å². The van der Waals surface area contributed by atoms with Gasteiger partial charge in [0.1, 0.15) is 0 Å². The van der Waals surface area contributed by atoms with Crippen molar-refractivity contribution in [2.24, 2.45) is 0 Å². The van der Waals surface area contributed by atoms with Crippen LogP contribution in [0.5, 0.6) is 11.5 Å². The van der Waals surface area contributed by atoms with Gasteiger partial charge in [0, 0.05) is 25.2 Å². The van der Waals surface area contributed by atoms with Gasteiger partial charge in [-0.25, -0.2) is 0 Å². The third-order valence-corrected chi connectivity index (χ3v) is 10.4. The summed E-state index contributed by atoms with van der Waals surface area (Å²) in [7, 11) is 0. The normalized spacial score (nSPS) is 14.2. The molecule has 0 saturated carbocycles. The van der Waals surface area contributed by atoms with Gasteiger partial charge in [0.2, 0.25) is 0 Å². The van der Waals surface area contributed by atoms with E-state index < -0.39 is 0 Å². The predicted molar refractivity (Wildman–Crippen MR) is 196 cm³/mol. The van der Waals surface area contributed by atoms with E-state index in [1.807, 2.05) is 6.07 Å². The predicted octanol–water partition coefficient (Wildman–Crippen LogP) is 10.8. The van der Waals surface area contributed by atoms with Crippen LogP contribution in [0, 0.1) is 0 Å². The number of unbranched alkanes of at least 4 members (excludes halogenated alkanes) is 6. The Balaban J connectivity index is 1.16. The van der Waals surface area contributed by atoms with Gasteiger partial charge in [-0.1, -0.05) is 101 Å². The van der Waals surface area contributed by atoms with E-state index in [0.717, 1.165) is 48.8 Å². The molecule has 0 unspecified atom stereocenters. The molecule has 6 aromatic carbocycles. The summed E-state index contributed by atoms with van der Waals surface area (Å²) in [5, 5.41) is 10.9. The van der Waals surface area contributed by atoms with E-state index in [0.29, 0.717) is 26.4 Å². The quantitative estimate of drug-likeness (QED) is 0.0598. The number of hydrogen-bond donors (Lipinski definition) is 1. The molecule has 0 bridgehead atoms. The Labute approximate surface area is 277 Å². The topological polar surface area (TPSA) is 57.0 Å². The molecule has 242 valence electrons. The van der Waals surface area contributed by atoms with E-state index in [1.165, 1.54) is 104 Å². The molecule has 0 saturated heterocycles. The molecule has 5 nitrogen and oxygen atoms in total. The van der Waals surface area contributed by atoms with Gasteiger partial charge in [-0.3, -0.25) is 0 Å². The molecule has 0 aliphatic carbocycles. The number of anilines is 2. The summed E-state index contributed by atoms with van der Waals surface area (Å²) < 4.78 is 18.6. The molecule has 2 N–H and O–H groups in total. The molecular formula is C42H46N2O3. The van der Waals surface area contributed by atoms with E-state index >= 15 is 0 Å². The zero-order valence-electron chi connectivity index (χ0n) is 27.9. The lowest BCUT2D eigenvalue weighted by molar-refractivity contribution is 0.103. The molecule has 2 aliphatic heterocycles. The van der Waals surface area contributed by atoms with Crippen molar-refractivity contribution in [1.29, 1.82) is 0 Å². The SMILES string of the molecule is CCCCCCOc1cc(N)c(N2Cc3ccc4c5ccc6c7c(ccc(c8ccc(c3c48)C2)c75)COC6)cc1OCCCCCC. The Morgan fingerprint density at radius 1 is 0.574 bits per heavy atom. The number of nitrogen functional groups attached to an aromatic ring is 1. The molecule has 47 heavy (non-hydrogen) atoms. The fourth-order valence-corrected chi connectivity index (χ4v) is 8.08. The van der Waals surface area contributed by atoms with Crippen LogP contribution in [0.25, 0.3) is 43.1 Å². The van der Waals surface area contributed by atoms with Gasteiger partial charge in [0.25, 0.3) is 0 Å². The van der Waals surface area contributed by atoms with E-state index in [-0.39, 0.29) is 0 Å². The standard InChI is InChI=1S/C42H46N2O3/c1-3-5-7-9-19-46-37-21-35(43)36(22-38(37)47-20-10-8-6-4-2)44-23-27-11-15-31-33-17-13-29-25-45-26-30-14-18-34(42(33)40(29)30)32-16-12-28(24-44)39(27)41(31)32/h11-18,21-22H,3-10,19-20,23-26,43H2,1-2H3. The Morgan fingerprint density at radius 2 is 1.04 bits per heavy atom. The van der Waals surface area contributed by atoms with E-state index in [2.05, 4.69) is 73.3 Å². The number of hydrogen-bond acceptors (Lipinski definition) is 5. The van der Waals surface area contributed by atoms with Crippen LogP contribution in [-0.4, -0.2) is 13.2 Å². The lowest BCUT2D eigenvalue weighted by atomic mass is 9.83. The smallest absolute Gasteiger partial charge is 0.163 e. The third-order valence-electron chi connectivity index (χ3n) is 10.4. The van der Waals surface area contributed by atoms with Crippen LogP contribution in [-0.2, 0) is 31.0 Å². The van der Waals surface area contributed by atoms with Gasteiger partial charge >= 0.3 is 0 Å². The molecule has 2 heterocycles. The van der Waals surface area contributed by atoms with Gasteiger partial charge in [-0.15, -0.1) is 0 Å². The summed E-state index contributed by atoms with van der Waals surface area (Å²) in [6.45, 7) is 8.80.